The molecule has 184 valence electrons. The number of likely N-dealkylation sites (tertiary alicyclic amines) is 1. The first kappa shape index (κ1) is 27.9. The van der Waals surface area contributed by atoms with Crippen molar-refractivity contribution >= 4 is 33.6 Å². The molecule has 1 saturated heterocycles. The van der Waals surface area contributed by atoms with E-state index in [-0.39, 0.29) is 18.9 Å². The molecule has 10 nitrogen and oxygen atoms in total. The summed E-state index contributed by atoms with van der Waals surface area (Å²) in [6.45, 7) is 8.79. The molecule has 2 atom stereocenters. The highest BCUT2D eigenvalue weighted by molar-refractivity contribution is 7.92. The maximum absolute atomic E-state index is 13.0. The van der Waals surface area contributed by atoms with Gasteiger partial charge < -0.3 is 20.1 Å². The number of nitrogens with zero attached hydrogens (tertiary/aromatic N) is 1. The van der Waals surface area contributed by atoms with Crippen LogP contribution >= 0.6 is 0 Å². The van der Waals surface area contributed by atoms with Gasteiger partial charge in [0.25, 0.3) is 0 Å². The molecule has 1 heterocycles. The number of aliphatic carboxylic acids is 1. The lowest BCUT2D eigenvalue weighted by Crippen LogP contribution is -2.62. The van der Waals surface area contributed by atoms with E-state index in [1.54, 1.807) is 20.8 Å². The highest BCUT2D eigenvalue weighted by Crippen LogP contribution is 2.20. The number of carboxylic acid groups (broad SMARTS) is 1. The maximum atomic E-state index is 13.0. The minimum atomic E-state index is -4.13. The third-order valence-corrected chi connectivity index (χ3v) is 6.54. The SMILES string of the molecule is CCCC(CCC)C(=O)NC(CS(=O)(=O)CC(=O)OC(C)(C)C)C(=O)N1CCC1C(=O)O. The molecular formula is C21H36N2O8S. The zero-order valence-corrected chi connectivity index (χ0v) is 20.4. The van der Waals surface area contributed by atoms with Crippen LogP contribution in [-0.2, 0) is 33.8 Å². The molecule has 0 aromatic heterocycles. The Morgan fingerprint density at radius 1 is 1.12 bits per heavy atom. The normalized spacial score (nSPS) is 17.4. The van der Waals surface area contributed by atoms with Crippen LogP contribution < -0.4 is 5.32 Å². The Labute approximate surface area is 190 Å². The molecule has 0 saturated carbocycles. The number of esters is 1. The molecule has 11 heteroatoms. The second kappa shape index (κ2) is 11.6. The number of hydrogen-bond donors (Lipinski definition) is 2. The molecule has 0 spiro atoms. The number of sulfone groups is 1. The van der Waals surface area contributed by atoms with Crippen molar-refractivity contribution in [2.24, 2.45) is 5.92 Å². The lowest BCUT2D eigenvalue weighted by molar-refractivity contribution is -0.158. The van der Waals surface area contributed by atoms with Crippen molar-refractivity contribution in [2.45, 2.75) is 84.4 Å². The van der Waals surface area contributed by atoms with Gasteiger partial charge >= 0.3 is 11.9 Å². The number of carboxylic acids is 1. The van der Waals surface area contributed by atoms with E-state index >= 15 is 0 Å². The summed E-state index contributed by atoms with van der Waals surface area (Å²) in [5.41, 5.74) is -0.879. The van der Waals surface area contributed by atoms with E-state index in [1.807, 2.05) is 13.8 Å². The summed E-state index contributed by atoms with van der Waals surface area (Å²) < 4.78 is 30.3. The van der Waals surface area contributed by atoms with Gasteiger partial charge in [-0.25, -0.2) is 13.2 Å². The number of carbonyl (C=O) groups excluding carboxylic acids is 3. The van der Waals surface area contributed by atoms with Crippen molar-refractivity contribution in [3.05, 3.63) is 0 Å². The molecule has 32 heavy (non-hydrogen) atoms. The molecule has 0 radical (unpaired) electrons. The van der Waals surface area contributed by atoms with Crippen LogP contribution in [0.4, 0.5) is 0 Å². The van der Waals surface area contributed by atoms with Crippen molar-refractivity contribution in [1.29, 1.82) is 0 Å². The third kappa shape index (κ3) is 8.76. The summed E-state index contributed by atoms with van der Waals surface area (Å²) >= 11 is 0. The van der Waals surface area contributed by atoms with Gasteiger partial charge in [0, 0.05) is 12.5 Å². The van der Waals surface area contributed by atoms with Crippen LogP contribution in [0.5, 0.6) is 0 Å². The molecule has 2 N–H and O–H groups in total. The van der Waals surface area contributed by atoms with Crippen molar-refractivity contribution < 1.29 is 37.4 Å². The van der Waals surface area contributed by atoms with Gasteiger partial charge in [-0.3, -0.25) is 14.4 Å². The Morgan fingerprint density at radius 2 is 1.69 bits per heavy atom. The number of amides is 2. The second-order valence-corrected chi connectivity index (χ2v) is 11.3. The Balaban J connectivity index is 3.06. The topological polar surface area (TPSA) is 147 Å². The molecule has 0 aromatic carbocycles. The van der Waals surface area contributed by atoms with Gasteiger partial charge in [0.05, 0.1) is 5.75 Å². The van der Waals surface area contributed by atoms with Crippen LogP contribution in [0.1, 0.15) is 66.7 Å². The van der Waals surface area contributed by atoms with E-state index in [2.05, 4.69) is 5.32 Å². The first-order chi connectivity index (χ1) is 14.7. The highest BCUT2D eigenvalue weighted by atomic mass is 32.2. The van der Waals surface area contributed by atoms with E-state index in [0.717, 1.165) is 17.7 Å². The molecular weight excluding hydrogens is 440 g/mol. The van der Waals surface area contributed by atoms with Gasteiger partial charge in [-0.1, -0.05) is 26.7 Å². The minimum absolute atomic E-state index is 0.154. The second-order valence-electron chi connectivity index (χ2n) is 9.15. The van der Waals surface area contributed by atoms with Crippen LogP contribution in [0.25, 0.3) is 0 Å². The number of nitrogens with one attached hydrogen (secondary N) is 1. The zero-order chi connectivity index (χ0) is 24.7. The Bertz CT molecular complexity index is 797. The van der Waals surface area contributed by atoms with Crippen molar-refractivity contribution in [1.82, 2.24) is 10.2 Å². The quantitative estimate of drug-likeness (QED) is 0.398. The highest BCUT2D eigenvalue weighted by Gasteiger charge is 2.42. The molecule has 0 aromatic rings. The largest absolute Gasteiger partial charge is 0.480 e. The molecule has 1 fully saturated rings. The standard InChI is InChI=1S/C21H36N2O8S/c1-6-8-14(9-7-2)18(25)22-15(19(26)23-11-10-16(23)20(27)28)12-32(29,30)13-17(24)31-21(3,4)5/h14-16H,6-13H2,1-5H3,(H,22,25)(H,27,28). The Morgan fingerprint density at radius 3 is 2.09 bits per heavy atom. The molecule has 1 aliphatic heterocycles. The van der Waals surface area contributed by atoms with E-state index < -0.39 is 62.8 Å². The van der Waals surface area contributed by atoms with E-state index in [1.165, 1.54) is 0 Å². The molecule has 0 aliphatic carbocycles. The molecule has 2 amide bonds. The summed E-state index contributed by atoms with van der Waals surface area (Å²) in [5.74, 6) is -5.54. The number of hydrogen-bond acceptors (Lipinski definition) is 7. The summed E-state index contributed by atoms with van der Waals surface area (Å²) in [6, 6.07) is -2.54. The van der Waals surface area contributed by atoms with Crippen molar-refractivity contribution in [3.63, 3.8) is 0 Å². The summed E-state index contributed by atoms with van der Waals surface area (Å²) in [5, 5.41) is 11.8. The fourth-order valence-corrected chi connectivity index (χ4v) is 4.81. The van der Waals surface area contributed by atoms with Crippen molar-refractivity contribution in [2.75, 3.05) is 18.1 Å². The van der Waals surface area contributed by atoms with Crippen LogP contribution in [0, 0.1) is 5.92 Å². The molecule has 2 unspecified atom stereocenters. The zero-order valence-electron chi connectivity index (χ0n) is 19.5. The van der Waals surface area contributed by atoms with Gasteiger partial charge in [0.2, 0.25) is 11.8 Å². The lowest BCUT2D eigenvalue weighted by Gasteiger charge is -2.40. The fourth-order valence-electron chi connectivity index (χ4n) is 3.54. The monoisotopic (exact) mass is 476 g/mol. The van der Waals surface area contributed by atoms with Gasteiger partial charge in [-0.05, 0) is 40.0 Å². The third-order valence-electron chi connectivity index (χ3n) is 5.03. The average molecular weight is 477 g/mol. The van der Waals surface area contributed by atoms with Crippen LogP contribution in [0.2, 0.25) is 0 Å². The van der Waals surface area contributed by atoms with Crippen molar-refractivity contribution in [3.8, 4) is 0 Å². The first-order valence-corrected chi connectivity index (χ1v) is 12.8. The molecule has 0 bridgehead atoms. The lowest BCUT2D eigenvalue weighted by atomic mass is 9.96. The minimum Gasteiger partial charge on any atom is -0.480 e. The fraction of sp³-hybridized carbons (Fsp3) is 0.810. The van der Waals surface area contributed by atoms with Gasteiger partial charge in [-0.15, -0.1) is 0 Å². The summed E-state index contributed by atoms with van der Waals surface area (Å²) in [6.07, 6.45) is 2.88. The van der Waals surface area contributed by atoms with E-state index in [9.17, 15) is 32.7 Å². The van der Waals surface area contributed by atoms with Gasteiger partial charge in [0.1, 0.15) is 23.4 Å². The Kier molecular flexibility index (Phi) is 10.1. The van der Waals surface area contributed by atoms with Crippen LogP contribution in [0.15, 0.2) is 0 Å². The van der Waals surface area contributed by atoms with E-state index in [4.69, 9.17) is 4.74 Å². The number of ether oxygens (including phenoxy) is 1. The molecule has 1 aliphatic rings. The number of rotatable bonds is 12. The van der Waals surface area contributed by atoms with Gasteiger partial charge in [0.15, 0.2) is 9.84 Å². The Hall–Kier alpha value is -2.17. The molecule has 1 rings (SSSR count). The van der Waals surface area contributed by atoms with Crippen LogP contribution in [-0.4, -0.2) is 77.9 Å². The first-order valence-electron chi connectivity index (χ1n) is 11.0. The number of carbonyl (C=O) groups is 4. The summed E-state index contributed by atoms with van der Waals surface area (Å²) in [7, 11) is -4.13. The smallest absolute Gasteiger partial charge is 0.326 e. The predicted molar refractivity (Wildman–Crippen MR) is 117 cm³/mol. The predicted octanol–water partition coefficient (Wildman–Crippen LogP) is 1.13. The average Bonchev–Trinajstić information content (AvgIpc) is 2.56. The van der Waals surface area contributed by atoms with E-state index in [0.29, 0.717) is 12.8 Å². The van der Waals surface area contributed by atoms with Crippen LogP contribution in [0.3, 0.4) is 0 Å². The summed E-state index contributed by atoms with van der Waals surface area (Å²) in [4.78, 5) is 50.1. The maximum Gasteiger partial charge on any atom is 0.326 e. The van der Waals surface area contributed by atoms with Gasteiger partial charge in [-0.2, -0.15) is 0 Å².